The van der Waals surface area contributed by atoms with Crippen LogP contribution in [0, 0.1) is 0 Å². The second-order valence-electron chi connectivity index (χ2n) is 9.03. The predicted octanol–water partition coefficient (Wildman–Crippen LogP) is 2.68. The molecular formula is C25H28N10. The minimum atomic E-state index is 0.658. The maximum Gasteiger partial charge on any atom is 0.204 e. The molecule has 2 aromatic carbocycles. The molecule has 178 valence electrons. The van der Waals surface area contributed by atoms with Gasteiger partial charge in [0, 0.05) is 61.1 Å². The van der Waals surface area contributed by atoms with Gasteiger partial charge in [-0.25, -0.2) is 0 Å². The van der Waals surface area contributed by atoms with Gasteiger partial charge in [0.25, 0.3) is 0 Å². The number of hydrogen-bond acceptors (Lipinski definition) is 7. The summed E-state index contributed by atoms with van der Waals surface area (Å²) in [5.41, 5.74) is 5.92. The second kappa shape index (κ2) is 9.77. The van der Waals surface area contributed by atoms with Gasteiger partial charge in [0.2, 0.25) is 5.82 Å². The number of aryl methyl sites for hydroxylation is 1. The lowest BCUT2D eigenvalue weighted by Crippen LogP contribution is -2.46. The van der Waals surface area contributed by atoms with Gasteiger partial charge >= 0.3 is 0 Å². The van der Waals surface area contributed by atoms with Gasteiger partial charge in [-0.3, -0.25) is 9.47 Å². The fraction of sp³-hybridized carbons (Fsp3) is 0.320. The lowest BCUT2D eigenvalue weighted by Gasteiger charge is -2.35. The number of aromatic amines is 2. The fourth-order valence-electron chi connectivity index (χ4n) is 4.93. The quantitative estimate of drug-likeness (QED) is 0.360. The molecule has 2 N–H and O–H groups in total. The van der Waals surface area contributed by atoms with Crippen LogP contribution < -0.4 is 0 Å². The lowest BCUT2D eigenvalue weighted by atomic mass is 10.1. The molecule has 1 aliphatic rings. The number of nitrogens with zero attached hydrogens (tertiary/aromatic N) is 8. The molecule has 35 heavy (non-hydrogen) atoms. The molecule has 0 aliphatic carbocycles. The number of aromatic nitrogens is 8. The van der Waals surface area contributed by atoms with E-state index in [9.17, 15) is 0 Å². The van der Waals surface area contributed by atoms with Crippen LogP contribution in [0.2, 0.25) is 0 Å². The van der Waals surface area contributed by atoms with E-state index in [1.807, 2.05) is 10.6 Å². The van der Waals surface area contributed by atoms with Crippen LogP contribution in [0.4, 0.5) is 0 Å². The summed E-state index contributed by atoms with van der Waals surface area (Å²) in [5, 5.41) is 23.7. The Morgan fingerprint density at radius 3 is 2.54 bits per heavy atom. The first-order valence-electron chi connectivity index (χ1n) is 12.0. The Morgan fingerprint density at radius 2 is 1.71 bits per heavy atom. The highest BCUT2D eigenvalue weighted by molar-refractivity contribution is 5.85. The monoisotopic (exact) mass is 468 g/mol. The molecule has 3 aromatic heterocycles. The van der Waals surface area contributed by atoms with Crippen molar-refractivity contribution < 1.29 is 0 Å². The summed E-state index contributed by atoms with van der Waals surface area (Å²) in [6.45, 7) is 6.34. The Hall–Kier alpha value is -3.89. The number of hydrogen-bond donors (Lipinski definition) is 2. The van der Waals surface area contributed by atoms with E-state index in [2.05, 4.69) is 88.2 Å². The van der Waals surface area contributed by atoms with Gasteiger partial charge in [0.1, 0.15) is 12.7 Å². The molecule has 0 atom stereocenters. The molecule has 4 heterocycles. The largest absolute Gasteiger partial charge is 0.361 e. The third-order valence-corrected chi connectivity index (χ3v) is 6.85. The normalized spacial score (nSPS) is 15.2. The van der Waals surface area contributed by atoms with Gasteiger partial charge in [-0.05, 0) is 53.9 Å². The van der Waals surface area contributed by atoms with Crippen LogP contribution >= 0.6 is 0 Å². The van der Waals surface area contributed by atoms with Crippen LogP contribution in [0.3, 0.4) is 0 Å². The van der Waals surface area contributed by atoms with Crippen molar-refractivity contribution >= 4 is 10.9 Å². The summed E-state index contributed by atoms with van der Waals surface area (Å²) in [5.74, 6) is 0.658. The molecule has 0 radical (unpaired) electrons. The molecule has 0 spiro atoms. The third-order valence-electron chi connectivity index (χ3n) is 6.85. The van der Waals surface area contributed by atoms with Gasteiger partial charge in [-0.2, -0.15) is 5.21 Å². The molecule has 1 fully saturated rings. The van der Waals surface area contributed by atoms with E-state index in [-0.39, 0.29) is 0 Å². The van der Waals surface area contributed by atoms with Gasteiger partial charge in [0.15, 0.2) is 0 Å². The van der Waals surface area contributed by atoms with Gasteiger partial charge in [-0.1, -0.05) is 24.3 Å². The highest BCUT2D eigenvalue weighted by Gasteiger charge is 2.19. The molecular weight excluding hydrogens is 440 g/mol. The first kappa shape index (κ1) is 21.6. The molecule has 0 unspecified atom stereocenters. The van der Waals surface area contributed by atoms with E-state index in [4.69, 9.17) is 0 Å². The topological polar surface area (TPSA) is 107 Å². The number of piperazine rings is 1. The van der Waals surface area contributed by atoms with Crippen molar-refractivity contribution in [2.75, 3.05) is 32.7 Å². The van der Waals surface area contributed by atoms with E-state index in [1.54, 1.807) is 12.7 Å². The molecule has 0 bridgehead atoms. The highest BCUT2D eigenvalue weighted by Crippen LogP contribution is 2.24. The van der Waals surface area contributed by atoms with Crippen molar-refractivity contribution in [2.45, 2.75) is 19.4 Å². The molecule has 5 aromatic rings. The number of tetrazole rings is 1. The summed E-state index contributed by atoms with van der Waals surface area (Å²) in [6, 6.07) is 14.8. The summed E-state index contributed by atoms with van der Waals surface area (Å²) in [6.07, 6.45) is 7.82. The Balaban J connectivity index is 1.02. The smallest absolute Gasteiger partial charge is 0.204 e. The minimum Gasteiger partial charge on any atom is -0.361 e. The van der Waals surface area contributed by atoms with E-state index >= 15 is 0 Å². The molecule has 6 rings (SSSR count). The Labute approximate surface area is 203 Å². The first-order valence-corrected chi connectivity index (χ1v) is 12.0. The van der Waals surface area contributed by atoms with Crippen molar-refractivity contribution in [2.24, 2.45) is 0 Å². The van der Waals surface area contributed by atoms with Crippen LogP contribution in [-0.2, 0) is 13.0 Å². The summed E-state index contributed by atoms with van der Waals surface area (Å²) >= 11 is 0. The van der Waals surface area contributed by atoms with E-state index < -0.39 is 0 Å². The zero-order chi connectivity index (χ0) is 23.5. The molecule has 0 amide bonds. The number of nitrogens with one attached hydrogen (secondary N) is 2. The predicted molar refractivity (Wildman–Crippen MR) is 133 cm³/mol. The minimum absolute atomic E-state index is 0.658. The zero-order valence-corrected chi connectivity index (χ0v) is 19.5. The van der Waals surface area contributed by atoms with Gasteiger partial charge < -0.3 is 9.88 Å². The molecule has 1 saturated heterocycles. The van der Waals surface area contributed by atoms with E-state index in [0.29, 0.717) is 5.82 Å². The Morgan fingerprint density at radius 1 is 0.886 bits per heavy atom. The van der Waals surface area contributed by atoms with Gasteiger partial charge in [-0.15, -0.1) is 20.4 Å². The van der Waals surface area contributed by atoms with E-state index in [1.165, 1.54) is 22.0 Å². The summed E-state index contributed by atoms with van der Waals surface area (Å²) < 4.78 is 1.94. The molecule has 10 nitrogen and oxygen atoms in total. The lowest BCUT2D eigenvalue weighted by molar-refractivity contribution is 0.126. The maximum atomic E-state index is 4.16. The van der Waals surface area contributed by atoms with Gasteiger partial charge in [0.05, 0.1) is 0 Å². The number of rotatable bonds is 8. The number of fused-ring (bicyclic) bond motifs is 1. The van der Waals surface area contributed by atoms with Crippen molar-refractivity contribution in [3.8, 4) is 17.1 Å². The van der Waals surface area contributed by atoms with Crippen molar-refractivity contribution in [1.82, 2.24) is 50.2 Å². The Bertz CT molecular complexity index is 1360. The standard InChI is InChI=1S/C25H28N10/c1-2-6-22(25-29-31-32-30-25)20(4-1)16-34-12-10-33(11-13-34)9-3-5-19-15-26-24-8-7-21(14-23(19)24)35-17-27-28-18-35/h1-2,4,6-8,14-15,17-18,26H,3,5,9-13,16H2,(H,29,30,31,32). The van der Waals surface area contributed by atoms with Crippen molar-refractivity contribution in [3.63, 3.8) is 0 Å². The van der Waals surface area contributed by atoms with Crippen LogP contribution in [0.15, 0.2) is 61.3 Å². The highest BCUT2D eigenvalue weighted by atomic mass is 15.5. The summed E-state index contributed by atoms with van der Waals surface area (Å²) in [7, 11) is 0. The van der Waals surface area contributed by atoms with Crippen LogP contribution in [0.25, 0.3) is 28.0 Å². The van der Waals surface area contributed by atoms with Crippen molar-refractivity contribution in [3.05, 3.63) is 72.4 Å². The van der Waals surface area contributed by atoms with Crippen LogP contribution in [0.5, 0.6) is 0 Å². The fourth-order valence-corrected chi connectivity index (χ4v) is 4.93. The molecule has 0 saturated carbocycles. The van der Waals surface area contributed by atoms with Crippen molar-refractivity contribution in [1.29, 1.82) is 0 Å². The zero-order valence-electron chi connectivity index (χ0n) is 19.5. The third kappa shape index (κ3) is 4.71. The first-order chi connectivity index (χ1) is 17.3. The van der Waals surface area contributed by atoms with Crippen LogP contribution in [-0.4, -0.2) is 82.9 Å². The van der Waals surface area contributed by atoms with E-state index in [0.717, 1.165) is 63.4 Å². The second-order valence-corrected chi connectivity index (χ2v) is 9.03. The Kier molecular flexibility index (Phi) is 6.04. The van der Waals surface area contributed by atoms with Crippen LogP contribution in [0.1, 0.15) is 17.5 Å². The maximum absolute atomic E-state index is 4.16. The molecule has 1 aliphatic heterocycles. The number of H-pyrrole nitrogens is 2. The summed E-state index contributed by atoms with van der Waals surface area (Å²) in [4.78, 5) is 8.51. The molecule has 10 heteroatoms. The average molecular weight is 469 g/mol. The number of benzene rings is 2. The SMILES string of the molecule is c1ccc(-c2nn[nH]n2)c(CN2CCN(CCCc3c[nH]c4ccc(-n5cnnc5)cc34)CC2)c1. The average Bonchev–Trinajstić information content (AvgIpc) is 3.68.